The van der Waals surface area contributed by atoms with E-state index in [1.807, 2.05) is 30.6 Å². The first-order valence-corrected chi connectivity index (χ1v) is 8.96. The third-order valence-electron chi connectivity index (χ3n) is 4.67. The fraction of sp³-hybridized carbons (Fsp3) is 0.136. The van der Waals surface area contributed by atoms with Gasteiger partial charge in [0.05, 0.1) is 17.7 Å². The van der Waals surface area contributed by atoms with E-state index < -0.39 is 0 Å². The van der Waals surface area contributed by atoms with Crippen LogP contribution in [0.3, 0.4) is 0 Å². The van der Waals surface area contributed by atoms with Crippen molar-refractivity contribution in [1.82, 2.24) is 19.5 Å². The second kappa shape index (κ2) is 7.41. The molecule has 2 N–H and O–H groups in total. The molecular formula is C22H21N5. The Morgan fingerprint density at radius 2 is 1.48 bits per heavy atom. The van der Waals surface area contributed by atoms with Gasteiger partial charge in [-0.15, -0.1) is 0 Å². The van der Waals surface area contributed by atoms with E-state index >= 15 is 0 Å². The number of aromatic nitrogens is 4. The zero-order chi connectivity index (χ0) is 18.6. The first-order chi connectivity index (χ1) is 13.2. The van der Waals surface area contributed by atoms with Crippen LogP contribution in [0.25, 0.3) is 22.5 Å². The molecule has 1 atom stereocenters. The van der Waals surface area contributed by atoms with Gasteiger partial charge in [-0.3, -0.25) is 0 Å². The summed E-state index contributed by atoms with van der Waals surface area (Å²) in [5.74, 6) is 0.612. The second-order valence-electron chi connectivity index (χ2n) is 6.60. The highest BCUT2D eigenvalue weighted by molar-refractivity contribution is 5.78. The van der Waals surface area contributed by atoms with Crippen LogP contribution >= 0.6 is 0 Å². The first-order valence-electron chi connectivity index (χ1n) is 8.96. The minimum absolute atomic E-state index is 0.267. The number of anilines is 1. The highest BCUT2D eigenvalue weighted by Crippen LogP contribution is 2.32. The molecule has 27 heavy (non-hydrogen) atoms. The fourth-order valence-electron chi connectivity index (χ4n) is 3.27. The van der Waals surface area contributed by atoms with E-state index in [0.29, 0.717) is 5.92 Å². The molecule has 0 radical (unpaired) electrons. The van der Waals surface area contributed by atoms with E-state index in [2.05, 4.69) is 57.9 Å². The Morgan fingerprint density at radius 3 is 2.15 bits per heavy atom. The van der Waals surface area contributed by atoms with Gasteiger partial charge in [0.1, 0.15) is 0 Å². The maximum absolute atomic E-state index is 5.68. The molecule has 0 amide bonds. The van der Waals surface area contributed by atoms with Gasteiger partial charge in [0.2, 0.25) is 5.95 Å². The van der Waals surface area contributed by atoms with Crippen LogP contribution in [0, 0.1) is 0 Å². The summed E-state index contributed by atoms with van der Waals surface area (Å²) in [6.45, 7) is 3.03. The molecule has 2 heterocycles. The third-order valence-corrected chi connectivity index (χ3v) is 4.67. The molecule has 0 aliphatic carbocycles. The molecule has 0 aliphatic rings. The number of imidazole rings is 1. The zero-order valence-corrected chi connectivity index (χ0v) is 15.2. The number of hydrogen-bond donors (Lipinski definition) is 1. The van der Waals surface area contributed by atoms with Crippen LogP contribution in [0.5, 0.6) is 0 Å². The Kier molecular flexibility index (Phi) is 4.66. The lowest BCUT2D eigenvalue weighted by atomic mass is 10.0. The lowest BCUT2D eigenvalue weighted by Gasteiger charge is -2.16. The van der Waals surface area contributed by atoms with Crippen LogP contribution in [-0.4, -0.2) is 19.5 Å². The Bertz CT molecular complexity index is 1010. The van der Waals surface area contributed by atoms with E-state index in [1.54, 1.807) is 12.4 Å². The monoisotopic (exact) mass is 355 g/mol. The molecule has 0 fully saturated rings. The fourth-order valence-corrected chi connectivity index (χ4v) is 3.27. The van der Waals surface area contributed by atoms with Crippen LogP contribution in [0.1, 0.15) is 18.4 Å². The van der Waals surface area contributed by atoms with Gasteiger partial charge in [0.25, 0.3) is 0 Å². The number of benzene rings is 2. The molecule has 4 rings (SSSR count). The molecule has 5 heteroatoms. The summed E-state index contributed by atoms with van der Waals surface area (Å²) in [6, 6.07) is 20.7. The first kappa shape index (κ1) is 17.0. The standard InChI is InChI=1S/C22H21N5/c1-16(17-8-4-2-5-9-17)14-27-15-26-20(18-10-6-3-7-11-18)21(27)19-12-24-22(23)25-13-19/h2-13,15-16H,14H2,1H3,(H2,23,24,25). The Labute approximate surface area is 158 Å². The molecule has 0 saturated carbocycles. The van der Waals surface area contributed by atoms with Gasteiger partial charge in [0, 0.05) is 30.1 Å². The van der Waals surface area contributed by atoms with Crippen molar-refractivity contribution in [2.45, 2.75) is 19.4 Å². The highest BCUT2D eigenvalue weighted by Gasteiger charge is 2.17. The summed E-state index contributed by atoms with van der Waals surface area (Å²) in [4.78, 5) is 13.1. The molecule has 0 aliphatic heterocycles. The average Bonchev–Trinajstić information content (AvgIpc) is 3.13. The van der Waals surface area contributed by atoms with Gasteiger partial charge in [-0.1, -0.05) is 67.6 Å². The Balaban J connectivity index is 1.77. The molecule has 0 spiro atoms. The minimum Gasteiger partial charge on any atom is -0.368 e. The molecule has 5 nitrogen and oxygen atoms in total. The third kappa shape index (κ3) is 3.58. The average molecular weight is 355 g/mol. The van der Waals surface area contributed by atoms with Crippen molar-refractivity contribution < 1.29 is 0 Å². The van der Waals surface area contributed by atoms with Gasteiger partial charge in [-0.2, -0.15) is 0 Å². The summed E-state index contributed by atoms with van der Waals surface area (Å²) >= 11 is 0. The SMILES string of the molecule is CC(Cn1cnc(-c2ccccc2)c1-c1cnc(N)nc1)c1ccccc1. The molecule has 1 unspecified atom stereocenters. The molecule has 134 valence electrons. The minimum atomic E-state index is 0.267. The summed E-state index contributed by atoms with van der Waals surface area (Å²) in [6.07, 6.45) is 5.42. The van der Waals surface area contributed by atoms with Gasteiger partial charge in [-0.25, -0.2) is 15.0 Å². The van der Waals surface area contributed by atoms with Crippen molar-refractivity contribution in [2.75, 3.05) is 5.73 Å². The maximum Gasteiger partial charge on any atom is 0.219 e. The largest absolute Gasteiger partial charge is 0.368 e. The molecular weight excluding hydrogens is 334 g/mol. The lowest BCUT2D eigenvalue weighted by Crippen LogP contribution is -2.07. The molecule has 0 saturated heterocycles. The number of nitrogens with zero attached hydrogens (tertiary/aromatic N) is 4. The highest BCUT2D eigenvalue weighted by atomic mass is 15.1. The van der Waals surface area contributed by atoms with Crippen molar-refractivity contribution in [2.24, 2.45) is 0 Å². The summed E-state index contributed by atoms with van der Waals surface area (Å²) < 4.78 is 2.18. The van der Waals surface area contributed by atoms with Gasteiger partial charge in [-0.05, 0) is 11.5 Å². The number of rotatable bonds is 5. The van der Waals surface area contributed by atoms with Crippen LogP contribution < -0.4 is 5.73 Å². The van der Waals surface area contributed by atoms with Crippen molar-refractivity contribution in [3.05, 3.63) is 84.9 Å². The van der Waals surface area contributed by atoms with Crippen molar-refractivity contribution in [3.8, 4) is 22.5 Å². The Morgan fingerprint density at radius 1 is 0.852 bits per heavy atom. The van der Waals surface area contributed by atoms with Gasteiger partial charge >= 0.3 is 0 Å². The van der Waals surface area contributed by atoms with E-state index in [1.165, 1.54) is 5.56 Å². The van der Waals surface area contributed by atoms with E-state index in [-0.39, 0.29) is 5.95 Å². The zero-order valence-electron chi connectivity index (χ0n) is 15.2. The quantitative estimate of drug-likeness (QED) is 0.576. The summed E-state index contributed by atoms with van der Waals surface area (Å²) in [5, 5.41) is 0. The number of nitrogens with two attached hydrogens (primary N) is 1. The maximum atomic E-state index is 5.68. The van der Waals surface area contributed by atoms with E-state index in [0.717, 1.165) is 29.1 Å². The van der Waals surface area contributed by atoms with Crippen LogP contribution in [0.4, 0.5) is 5.95 Å². The lowest BCUT2D eigenvalue weighted by molar-refractivity contribution is 0.601. The molecule has 2 aromatic heterocycles. The molecule has 2 aromatic carbocycles. The number of nitrogen functional groups attached to an aromatic ring is 1. The van der Waals surface area contributed by atoms with Crippen molar-refractivity contribution in [3.63, 3.8) is 0 Å². The molecule has 0 bridgehead atoms. The van der Waals surface area contributed by atoms with E-state index in [9.17, 15) is 0 Å². The Hall–Kier alpha value is -3.47. The topological polar surface area (TPSA) is 69.6 Å². The summed E-state index contributed by atoms with van der Waals surface area (Å²) in [7, 11) is 0. The predicted octanol–water partition coefficient (Wildman–Crippen LogP) is 4.39. The van der Waals surface area contributed by atoms with Crippen molar-refractivity contribution >= 4 is 5.95 Å². The normalized spacial score (nSPS) is 12.0. The van der Waals surface area contributed by atoms with Crippen LogP contribution in [0.2, 0.25) is 0 Å². The molecule has 4 aromatic rings. The second-order valence-corrected chi connectivity index (χ2v) is 6.60. The predicted molar refractivity (Wildman–Crippen MR) is 108 cm³/mol. The van der Waals surface area contributed by atoms with Crippen molar-refractivity contribution in [1.29, 1.82) is 0 Å². The summed E-state index contributed by atoms with van der Waals surface area (Å²) in [5.41, 5.74) is 10.9. The van der Waals surface area contributed by atoms with E-state index in [4.69, 9.17) is 10.7 Å². The van der Waals surface area contributed by atoms with Gasteiger partial charge in [0.15, 0.2) is 0 Å². The number of hydrogen-bond acceptors (Lipinski definition) is 4. The smallest absolute Gasteiger partial charge is 0.219 e. The van der Waals surface area contributed by atoms with Gasteiger partial charge < -0.3 is 10.3 Å². The van der Waals surface area contributed by atoms with Crippen LogP contribution in [-0.2, 0) is 6.54 Å². The van der Waals surface area contributed by atoms with Crippen LogP contribution in [0.15, 0.2) is 79.4 Å².